The molecular weight excluding hydrogens is 464 g/mol. The number of carbonyl (C=O) groups is 1. The number of hydrogen-bond donors (Lipinski definition) is 3. The summed E-state index contributed by atoms with van der Waals surface area (Å²) < 4.78 is 27.0. The Bertz CT molecular complexity index is 1540. The van der Waals surface area contributed by atoms with Crippen LogP contribution in [0.2, 0.25) is 0 Å². The molecule has 0 aliphatic carbocycles. The summed E-state index contributed by atoms with van der Waals surface area (Å²) in [6, 6.07) is 16.3. The van der Waals surface area contributed by atoms with Crippen LogP contribution in [-0.2, 0) is 6.54 Å². The maximum absolute atomic E-state index is 13.5. The third-order valence-corrected chi connectivity index (χ3v) is 5.32. The first kappa shape index (κ1) is 22.8. The van der Waals surface area contributed by atoms with E-state index in [2.05, 4.69) is 25.6 Å². The zero-order valence-corrected chi connectivity index (χ0v) is 18.7. The fourth-order valence-corrected chi connectivity index (χ4v) is 3.53. The number of pyridine rings is 2. The summed E-state index contributed by atoms with van der Waals surface area (Å²) in [4.78, 5) is 30.1. The largest absolute Gasteiger partial charge is 0.384 e. The van der Waals surface area contributed by atoms with Gasteiger partial charge in [0.15, 0.2) is 5.65 Å². The van der Waals surface area contributed by atoms with Gasteiger partial charge in [0.1, 0.15) is 23.0 Å². The van der Waals surface area contributed by atoms with Crippen LogP contribution in [0.1, 0.15) is 5.56 Å². The van der Waals surface area contributed by atoms with Gasteiger partial charge < -0.3 is 16.4 Å². The summed E-state index contributed by atoms with van der Waals surface area (Å²) >= 11 is 0. The van der Waals surface area contributed by atoms with Crippen LogP contribution in [0.5, 0.6) is 0 Å². The number of anilines is 2. The van der Waals surface area contributed by atoms with E-state index in [0.29, 0.717) is 45.2 Å². The topological polar surface area (TPSA) is 119 Å². The number of halogens is 2. The Morgan fingerprint density at radius 1 is 0.806 bits per heavy atom. The molecule has 0 atom stereocenters. The summed E-state index contributed by atoms with van der Waals surface area (Å²) in [7, 11) is 0. The number of hydrogen-bond acceptors (Lipinski definition) is 6. The van der Waals surface area contributed by atoms with E-state index in [9.17, 15) is 13.6 Å². The van der Waals surface area contributed by atoms with Crippen LogP contribution >= 0.6 is 0 Å². The number of carbonyl (C=O) groups excluding carboxylic acids is 1. The van der Waals surface area contributed by atoms with Crippen molar-refractivity contribution in [3.05, 3.63) is 96.3 Å². The zero-order chi connectivity index (χ0) is 25.1. The van der Waals surface area contributed by atoms with Gasteiger partial charge in [-0.05, 0) is 66.2 Å². The summed E-state index contributed by atoms with van der Waals surface area (Å²) in [6.45, 7) is 0.260. The fraction of sp³-hybridized carbons (Fsp3) is 0.0385. The van der Waals surface area contributed by atoms with E-state index >= 15 is 0 Å². The van der Waals surface area contributed by atoms with Crippen molar-refractivity contribution >= 4 is 28.7 Å². The van der Waals surface area contributed by atoms with Crippen LogP contribution < -0.4 is 16.4 Å². The highest BCUT2D eigenvalue weighted by Crippen LogP contribution is 2.31. The van der Waals surface area contributed by atoms with Crippen molar-refractivity contribution in [3.8, 4) is 22.5 Å². The number of aromatic nitrogens is 4. The summed E-state index contributed by atoms with van der Waals surface area (Å²) in [5, 5.41) is 5.45. The number of urea groups is 1. The van der Waals surface area contributed by atoms with Crippen LogP contribution in [0.4, 0.5) is 25.1 Å². The first-order valence-electron chi connectivity index (χ1n) is 10.9. The lowest BCUT2D eigenvalue weighted by molar-refractivity contribution is 0.251. The van der Waals surface area contributed by atoms with E-state index in [4.69, 9.17) is 10.7 Å². The quantitative estimate of drug-likeness (QED) is 0.326. The Hall–Kier alpha value is -4.99. The molecule has 0 fully saturated rings. The number of amides is 2. The third kappa shape index (κ3) is 5.07. The molecule has 8 nitrogen and oxygen atoms in total. The summed E-state index contributed by atoms with van der Waals surface area (Å²) in [6.07, 6.45) is 3.05. The van der Waals surface area contributed by atoms with Gasteiger partial charge in [0, 0.05) is 23.9 Å². The standard InChI is InChI=1S/C26H19F2N7O/c27-18-6-2-16(3-7-18)23-24(17-4-8-19(28)9-5-17)35-25-21(34-23)11-20(14-31-25)33-26(36)32-13-15-1-10-22(29)30-12-15/h1-12,14H,13H2,(H2,29,30)(H2,32,33,36). The average Bonchev–Trinajstić information content (AvgIpc) is 2.88. The molecule has 0 aliphatic heterocycles. The van der Waals surface area contributed by atoms with E-state index < -0.39 is 6.03 Å². The molecule has 3 heterocycles. The number of nitrogens with two attached hydrogens (primary N) is 1. The number of nitrogen functional groups attached to an aromatic ring is 1. The number of nitrogens with zero attached hydrogens (tertiary/aromatic N) is 4. The number of rotatable bonds is 5. The second kappa shape index (κ2) is 9.71. The molecule has 0 spiro atoms. The molecule has 2 aromatic carbocycles. The maximum atomic E-state index is 13.5. The molecule has 0 radical (unpaired) electrons. The van der Waals surface area contributed by atoms with Crippen molar-refractivity contribution in [2.24, 2.45) is 0 Å². The first-order chi connectivity index (χ1) is 17.4. The third-order valence-electron chi connectivity index (χ3n) is 5.32. The minimum absolute atomic E-state index is 0.260. The predicted molar refractivity (Wildman–Crippen MR) is 133 cm³/mol. The van der Waals surface area contributed by atoms with Crippen LogP contribution in [0.3, 0.4) is 0 Å². The molecule has 0 unspecified atom stereocenters. The molecule has 0 bridgehead atoms. The molecule has 3 aromatic heterocycles. The lowest BCUT2D eigenvalue weighted by atomic mass is 10.0. The van der Waals surface area contributed by atoms with Crippen molar-refractivity contribution in [1.82, 2.24) is 25.3 Å². The highest BCUT2D eigenvalue weighted by Gasteiger charge is 2.15. The molecule has 2 amide bonds. The second-order valence-corrected chi connectivity index (χ2v) is 7.90. The average molecular weight is 483 g/mol. The van der Waals surface area contributed by atoms with Crippen molar-refractivity contribution in [2.75, 3.05) is 11.1 Å². The van der Waals surface area contributed by atoms with Gasteiger partial charge in [0.25, 0.3) is 0 Å². The van der Waals surface area contributed by atoms with E-state index in [0.717, 1.165) is 5.56 Å². The maximum Gasteiger partial charge on any atom is 0.319 e. The molecular formula is C26H19F2N7O. The van der Waals surface area contributed by atoms with Crippen LogP contribution in [0.15, 0.2) is 79.1 Å². The van der Waals surface area contributed by atoms with Gasteiger partial charge in [-0.2, -0.15) is 0 Å². The zero-order valence-electron chi connectivity index (χ0n) is 18.7. The van der Waals surface area contributed by atoms with Crippen LogP contribution in [-0.4, -0.2) is 26.0 Å². The Morgan fingerprint density at radius 3 is 2.06 bits per heavy atom. The SMILES string of the molecule is Nc1ccc(CNC(=O)Nc2cnc3nc(-c4ccc(F)cc4)c(-c4ccc(F)cc4)nc3c2)cn1. The Labute approximate surface area is 204 Å². The molecule has 178 valence electrons. The Balaban J connectivity index is 1.45. The minimum Gasteiger partial charge on any atom is -0.384 e. The van der Waals surface area contributed by atoms with Gasteiger partial charge in [0.05, 0.1) is 23.3 Å². The van der Waals surface area contributed by atoms with Crippen LogP contribution in [0.25, 0.3) is 33.7 Å². The number of benzene rings is 2. The molecule has 0 saturated carbocycles. The van der Waals surface area contributed by atoms with Crippen molar-refractivity contribution < 1.29 is 13.6 Å². The van der Waals surface area contributed by atoms with E-state index in [1.54, 1.807) is 48.7 Å². The van der Waals surface area contributed by atoms with Gasteiger partial charge in [-0.3, -0.25) is 0 Å². The van der Waals surface area contributed by atoms with Gasteiger partial charge in [0.2, 0.25) is 0 Å². The van der Waals surface area contributed by atoms with Crippen molar-refractivity contribution in [1.29, 1.82) is 0 Å². The van der Waals surface area contributed by atoms with E-state index in [-0.39, 0.29) is 18.2 Å². The number of nitrogens with one attached hydrogen (secondary N) is 2. The highest BCUT2D eigenvalue weighted by atomic mass is 19.1. The normalized spacial score (nSPS) is 10.8. The van der Waals surface area contributed by atoms with Gasteiger partial charge in [-0.1, -0.05) is 6.07 Å². The fourth-order valence-electron chi connectivity index (χ4n) is 3.53. The Morgan fingerprint density at radius 2 is 1.44 bits per heavy atom. The van der Waals surface area contributed by atoms with E-state index in [1.807, 2.05) is 0 Å². The Kier molecular flexibility index (Phi) is 6.14. The highest BCUT2D eigenvalue weighted by molar-refractivity contribution is 5.92. The second-order valence-electron chi connectivity index (χ2n) is 7.90. The summed E-state index contributed by atoms with van der Waals surface area (Å²) in [5.41, 5.74) is 9.71. The van der Waals surface area contributed by atoms with Gasteiger partial charge >= 0.3 is 6.03 Å². The van der Waals surface area contributed by atoms with Gasteiger partial charge in [-0.15, -0.1) is 0 Å². The lowest BCUT2D eigenvalue weighted by Gasteiger charge is -2.12. The minimum atomic E-state index is -0.442. The van der Waals surface area contributed by atoms with Gasteiger partial charge in [-0.25, -0.2) is 33.5 Å². The monoisotopic (exact) mass is 483 g/mol. The van der Waals surface area contributed by atoms with E-state index in [1.165, 1.54) is 30.5 Å². The molecule has 0 saturated heterocycles. The van der Waals surface area contributed by atoms with Crippen LogP contribution in [0, 0.1) is 11.6 Å². The molecule has 10 heteroatoms. The molecule has 4 N–H and O–H groups in total. The summed E-state index contributed by atoms with van der Waals surface area (Å²) in [5.74, 6) is -0.366. The lowest BCUT2D eigenvalue weighted by Crippen LogP contribution is -2.28. The smallest absolute Gasteiger partial charge is 0.319 e. The predicted octanol–water partition coefficient (Wildman–Crippen LogP) is 4.94. The molecule has 5 aromatic rings. The van der Waals surface area contributed by atoms with Crippen molar-refractivity contribution in [3.63, 3.8) is 0 Å². The molecule has 36 heavy (non-hydrogen) atoms. The molecule has 5 rings (SSSR count). The first-order valence-corrected chi connectivity index (χ1v) is 10.9. The molecule has 0 aliphatic rings. The number of fused-ring (bicyclic) bond motifs is 1. The van der Waals surface area contributed by atoms with Crippen molar-refractivity contribution in [2.45, 2.75) is 6.54 Å².